The van der Waals surface area contributed by atoms with Gasteiger partial charge in [-0.25, -0.2) is 0 Å². The fourth-order valence-corrected chi connectivity index (χ4v) is 2.67. The molecule has 0 aliphatic carbocycles. The SMILES string of the molecule is CSCC(C)(C)C(Cc1nc([N+](=O)[O-])c(C)[nH]1)=NO. The number of hydrogen-bond acceptors (Lipinski definition) is 6. The normalized spacial score (nSPS) is 12.7. The lowest BCUT2D eigenvalue weighted by molar-refractivity contribution is -0.389. The van der Waals surface area contributed by atoms with Crippen LogP contribution in [-0.4, -0.2) is 37.8 Å². The molecule has 2 N–H and O–H groups in total. The molecule has 0 aliphatic rings. The van der Waals surface area contributed by atoms with Gasteiger partial charge in [0, 0.05) is 11.2 Å². The second kappa shape index (κ2) is 6.05. The first-order valence-electron chi connectivity index (χ1n) is 5.72. The number of aromatic amines is 1. The molecule has 0 amide bonds. The Balaban J connectivity index is 2.94. The van der Waals surface area contributed by atoms with Crippen LogP contribution in [0.5, 0.6) is 0 Å². The molecule has 0 radical (unpaired) electrons. The summed E-state index contributed by atoms with van der Waals surface area (Å²) in [6, 6.07) is 0. The second-order valence-electron chi connectivity index (χ2n) is 4.93. The Morgan fingerprint density at radius 1 is 1.63 bits per heavy atom. The van der Waals surface area contributed by atoms with Crippen molar-refractivity contribution in [2.75, 3.05) is 12.0 Å². The molecule has 0 saturated carbocycles. The van der Waals surface area contributed by atoms with Crippen molar-refractivity contribution in [1.82, 2.24) is 9.97 Å². The van der Waals surface area contributed by atoms with Gasteiger partial charge in [-0.1, -0.05) is 19.0 Å². The molecule has 0 atom stereocenters. The molecule has 0 aromatic carbocycles. The summed E-state index contributed by atoms with van der Waals surface area (Å²) in [4.78, 5) is 17.0. The Hall–Kier alpha value is -1.57. The number of aromatic nitrogens is 2. The first-order valence-corrected chi connectivity index (χ1v) is 7.11. The monoisotopic (exact) mass is 286 g/mol. The molecule has 19 heavy (non-hydrogen) atoms. The van der Waals surface area contributed by atoms with E-state index in [2.05, 4.69) is 15.1 Å². The Labute approximate surface area is 115 Å². The van der Waals surface area contributed by atoms with Gasteiger partial charge in [-0.15, -0.1) is 0 Å². The predicted octanol–water partition coefficient (Wildman–Crippen LogP) is 2.39. The van der Waals surface area contributed by atoms with Crippen LogP contribution in [0.1, 0.15) is 25.4 Å². The molecule has 1 aromatic heterocycles. The zero-order valence-corrected chi connectivity index (χ0v) is 12.2. The lowest BCUT2D eigenvalue weighted by Crippen LogP contribution is -2.29. The molecule has 7 nitrogen and oxygen atoms in total. The summed E-state index contributed by atoms with van der Waals surface area (Å²) in [5, 5.41) is 23.2. The molecule has 0 unspecified atom stereocenters. The highest BCUT2D eigenvalue weighted by Crippen LogP contribution is 2.25. The third-order valence-electron chi connectivity index (χ3n) is 2.82. The number of thioether (sulfide) groups is 1. The Morgan fingerprint density at radius 2 is 2.26 bits per heavy atom. The van der Waals surface area contributed by atoms with E-state index in [0.29, 0.717) is 17.2 Å². The van der Waals surface area contributed by atoms with Crippen molar-refractivity contribution in [2.45, 2.75) is 27.2 Å². The number of oxime groups is 1. The van der Waals surface area contributed by atoms with Crippen molar-refractivity contribution in [1.29, 1.82) is 0 Å². The van der Waals surface area contributed by atoms with Crippen LogP contribution >= 0.6 is 11.8 Å². The van der Waals surface area contributed by atoms with Crippen LogP contribution in [0.4, 0.5) is 5.82 Å². The third kappa shape index (κ3) is 3.69. The second-order valence-corrected chi connectivity index (χ2v) is 5.80. The van der Waals surface area contributed by atoms with E-state index >= 15 is 0 Å². The summed E-state index contributed by atoms with van der Waals surface area (Å²) in [7, 11) is 0. The number of hydrogen-bond donors (Lipinski definition) is 2. The van der Waals surface area contributed by atoms with Gasteiger partial charge < -0.3 is 20.3 Å². The van der Waals surface area contributed by atoms with Gasteiger partial charge in [0.25, 0.3) is 0 Å². The van der Waals surface area contributed by atoms with Crippen LogP contribution in [0, 0.1) is 22.5 Å². The van der Waals surface area contributed by atoms with Gasteiger partial charge in [0.2, 0.25) is 5.82 Å². The van der Waals surface area contributed by atoms with Crippen LogP contribution < -0.4 is 0 Å². The number of nitrogens with zero attached hydrogens (tertiary/aromatic N) is 3. The summed E-state index contributed by atoms with van der Waals surface area (Å²) in [6.07, 6.45) is 2.23. The molecule has 0 fully saturated rings. The van der Waals surface area contributed by atoms with E-state index in [9.17, 15) is 10.1 Å². The Kier molecular flexibility index (Phi) is 4.93. The quantitative estimate of drug-likeness (QED) is 0.361. The van der Waals surface area contributed by atoms with Crippen molar-refractivity contribution in [3.8, 4) is 0 Å². The van der Waals surface area contributed by atoms with Crippen molar-refractivity contribution in [3.63, 3.8) is 0 Å². The van der Waals surface area contributed by atoms with Gasteiger partial charge in [-0.05, 0) is 23.1 Å². The smallest absolute Gasteiger partial charge is 0.384 e. The summed E-state index contributed by atoms with van der Waals surface area (Å²) in [5.74, 6) is 1.04. The Morgan fingerprint density at radius 3 is 2.68 bits per heavy atom. The number of rotatable bonds is 6. The van der Waals surface area contributed by atoms with Gasteiger partial charge in [0.05, 0.1) is 12.1 Å². The minimum atomic E-state index is -0.530. The van der Waals surface area contributed by atoms with Crippen LogP contribution in [0.3, 0.4) is 0 Å². The number of nitrogens with one attached hydrogen (secondary N) is 1. The van der Waals surface area contributed by atoms with E-state index in [1.807, 2.05) is 20.1 Å². The molecule has 0 bridgehead atoms. The first kappa shape index (κ1) is 15.5. The van der Waals surface area contributed by atoms with Crippen molar-refractivity contribution in [2.24, 2.45) is 10.6 Å². The van der Waals surface area contributed by atoms with Gasteiger partial charge in [-0.2, -0.15) is 11.8 Å². The molecule has 8 heteroatoms. The number of aryl methyl sites for hydroxylation is 1. The van der Waals surface area contributed by atoms with E-state index in [0.717, 1.165) is 5.75 Å². The standard InChI is InChI=1S/C11H18N4O3S/c1-7-10(15(17)18)13-9(12-7)5-8(14-16)11(2,3)6-19-4/h16H,5-6H2,1-4H3,(H,12,13). The van der Waals surface area contributed by atoms with Gasteiger partial charge in [0.15, 0.2) is 0 Å². The van der Waals surface area contributed by atoms with Crippen LogP contribution in [-0.2, 0) is 6.42 Å². The van der Waals surface area contributed by atoms with E-state index in [1.54, 1.807) is 18.7 Å². The largest absolute Gasteiger partial charge is 0.411 e. The van der Waals surface area contributed by atoms with Crippen LogP contribution in [0.2, 0.25) is 0 Å². The van der Waals surface area contributed by atoms with E-state index in [4.69, 9.17) is 5.21 Å². The molecular formula is C11H18N4O3S. The first-order chi connectivity index (χ1) is 8.81. The molecule has 0 aliphatic heterocycles. The highest BCUT2D eigenvalue weighted by atomic mass is 32.2. The molecule has 106 valence electrons. The van der Waals surface area contributed by atoms with E-state index in [-0.39, 0.29) is 17.7 Å². The van der Waals surface area contributed by atoms with Crippen molar-refractivity contribution < 1.29 is 10.1 Å². The average molecular weight is 286 g/mol. The Bertz CT molecular complexity index is 496. The number of imidazole rings is 1. The maximum atomic E-state index is 10.7. The topological polar surface area (TPSA) is 104 Å². The highest BCUT2D eigenvalue weighted by Gasteiger charge is 2.29. The third-order valence-corrected chi connectivity index (χ3v) is 3.83. The lowest BCUT2D eigenvalue weighted by atomic mass is 9.87. The fourth-order valence-electron chi connectivity index (χ4n) is 1.79. The predicted molar refractivity (Wildman–Crippen MR) is 75.1 cm³/mol. The molecule has 0 spiro atoms. The lowest BCUT2D eigenvalue weighted by Gasteiger charge is -2.23. The highest BCUT2D eigenvalue weighted by molar-refractivity contribution is 7.98. The molecule has 1 rings (SSSR count). The summed E-state index contributed by atoms with van der Waals surface area (Å²) in [5.41, 5.74) is 0.648. The zero-order valence-electron chi connectivity index (χ0n) is 11.4. The maximum Gasteiger partial charge on any atom is 0.384 e. The van der Waals surface area contributed by atoms with Crippen molar-refractivity contribution >= 4 is 23.3 Å². The minimum Gasteiger partial charge on any atom is -0.411 e. The molecule has 1 heterocycles. The number of H-pyrrole nitrogens is 1. The molecule has 0 saturated heterocycles. The minimum absolute atomic E-state index is 0.185. The summed E-state index contributed by atoms with van der Waals surface area (Å²) >= 11 is 1.65. The van der Waals surface area contributed by atoms with Gasteiger partial charge in [-0.3, -0.25) is 0 Å². The number of nitro groups is 1. The van der Waals surface area contributed by atoms with Crippen molar-refractivity contribution in [3.05, 3.63) is 21.6 Å². The fraction of sp³-hybridized carbons (Fsp3) is 0.636. The van der Waals surface area contributed by atoms with Gasteiger partial charge >= 0.3 is 5.82 Å². The average Bonchev–Trinajstić information content (AvgIpc) is 2.67. The molecular weight excluding hydrogens is 268 g/mol. The van der Waals surface area contributed by atoms with Crippen LogP contribution in [0.25, 0.3) is 0 Å². The van der Waals surface area contributed by atoms with Crippen LogP contribution in [0.15, 0.2) is 5.16 Å². The van der Waals surface area contributed by atoms with E-state index in [1.165, 1.54) is 0 Å². The van der Waals surface area contributed by atoms with E-state index < -0.39 is 4.92 Å². The summed E-state index contributed by atoms with van der Waals surface area (Å²) < 4.78 is 0. The van der Waals surface area contributed by atoms with Gasteiger partial charge in [0.1, 0.15) is 5.69 Å². The zero-order chi connectivity index (χ0) is 14.6. The maximum absolute atomic E-state index is 10.7. The molecule has 1 aromatic rings. The summed E-state index contributed by atoms with van der Waals surface area (Å²) in [6.45, 7) is 5.52.